The number of aliphatic hydroxyl groups is 1. The smallest absolute Gasteiger partial charge is 0.150 e. The van der Waals surface area contributed by atoms with Crippen molar-refractivity contribution in [3.8, 4) is 16.3 Å². The van der Waals surface area contributed by atoms with Gasteiger partial charge in [0.25, 0.3) is 0 Å². The molecule has 0 radical (unpaired) electrons. The zero-order valence-electron chi connectivity index (χ0n) is 15.5. The van der Waals surface area contributed by atoms with Gasteiger partial charge < -0.3 is 15.0 Å². The minimum Gasteiger partial charge on any atom is -0.371 e. The summed E-state index contributed by atoms with van der Waals surface area (Å²) >= 11 is 1.63. The molecule has 3 aromatic rings. The fourth-order valence-electron chi connectivity index (χ4n) is 3.06. The maximum atomic E-state index is 11.6. The average molecular weight is 372 g/mol. The lowest BCUT2D eigenvalue weighted by molar-refractivity contribution is -0.122. The van der Waals surface area contributed by atoms with Crippen LogP contribution in [0.5, 0.6) is 0 Å². The van der Waals surface area contributed by atoms with E-state index < -0.39 is 5.72 Å². The van der Waals surface area contributed by atoms with Crippen LogP contribution in [0.15, 0.2) is 29.6 Å². The number of hydrogen-bond donors (Lipinski definition) is 3. The SMILES string of the molecule is CCC(=O)C[C@@](C)(O)Nc1cc(-c2sccc2-n2c(C)ccc2C)[nH]n1. The van der Waals surface area contributed by atoms with E-state index in [1.54, 1.807) is 25.2 Å². The standard InChI is InChI=1S/C19H24N4O2S/c1-5-14(24)11-19(4,25)20-17-10-15(21-22-17)18-16(8-9-26-18)23-12(2)6-7-13(23)3/h6-10,25H,5,11H2,1-4H3,(H2,20,21,22)/t19-/m1/s1. The van der Waals surface area contributed by atoms with Gasteiger partial charge >= 0.3 is 0 Å². The van der Waals surface area contributed by atoms with Crippen LogP contribution in [-0.4, -0.2) is 31.4 Å². The summed E-state index contributed by atoms with van der Waals surface area (Å²) in [5, 5.41) is 22.7. The van der Waals surface area contributed by atoms with Crippen molar-refractivity contribution in [2.75, 3.05) is 5.32 Å². The van der Waals surface area contributed by atoms with Crippen molar-refractivity contribution in [3.05, 3.63) is 41.0 Å². The van der Waals surface area contributed by atoms with E-state index in [0.29, 0.717) is 12.2 Å². The fourth-order valence-corrected chi connectivity index (χ4v) is 3.90. The number of thiophene rings is 1. The van der Waals surface area contributed by atoms with Crippen molar-refractivity contribution >= 4 is 22.9 Å². The van der Waals surface area contributed by atoms with E-state index >= 15 is 0 Å². The van der Waals surface area contributed by atoms with Crippen LogP contribution in [0.2, 0.25) is 0 Å². The number of nitrogens with zero attached hydrogens (tertiary/aromatic N) is 2. The molecule has 3 N–H and O–H groups in total. The number of H-pyrrole nitrogens is 1. The molecule has 0 aromatic carbocycles. The molecule has 0 spiro atoms. The minimum absolute atomic E-state index is 0.00244. The first-order valence-electron chi connectivity index (χ1n) is 8.61. The second-order valence-corrected chi connectivity index (χ2v) is 7.64. The highest BCUT2D eigenvalue weighted by molar-refractivity contribution is 7.14. The van der Waals surface area contributed by atoms with Crippen LogP contribution in [0.4, 0.5) is 5.82 Å². The van der Waals surface area contributed by atoms with E-state index in [1.165, 1.54) is 11.4 Å². The van der Waals surface area contributed by atoms with Gasteiger partial charge in [-0.3, -0.25) is 9.89 Å². The quantitative estimate of drug-likeness (QED) is 0.547. The topological polar surface area (TPSA) is 82.9 Å². The molecule has 3 heterocycles. The number of hydrogen-bond acceptors (Lipinski definition) is 5. The van der Waals surface area contributed by atoms with Crippen LogP contribution < -0.4 is 5.32 Å². The average Bonchev–Trinajstić information content (AvgIpc) is 3.27. The van der Waals surface area contributed by atoms with Crippen molar-refractivity contribution in [2.24, 2.45) is 0 Å². The number of carbonyl (C=O) groups excluding carboxylic acids is 1. The highest BCUT2D eigenvalue weighted by Crippen LogP contribution is 2.34. The minimum atomic E-state index is -1.33. The number of aromatic amines is 1. The van der Waals surface area contributed by atoms with Crippen LogP contribution in [0, 0.1) is 13.8 Å². The Hall–Kier alpha value is -2.38. The van der Waals surface area contributed by atoms with Crippen LogP contribution >= 0.6 is 11.3 Å². The lowest BCUT2D eigenvalue weighted by Crippen LogP contribution is -2.36. The molecule has 1 atom stereocenters. The highest BCUT2D eigenvalue weighted by Gasteiger charge is 2.24. The van der Waals surface area contributed by atoms with Gasteiger partial charge in [0, 0.05) is 23.9 Å². The molecule has 0 unspecified atom stereocenters. The first-order chi connectivity index (χ1) is 12.3. The number of rotatable bonds is 7. The Morgan fingerprint density at radius 2 is 2.04 bits per heavy atom. The molecular formula is C19H24N4O2S. The molecule has 0 aliphatic carbocycles. The van der Waals surface area contributed by atoms with E-state index in [4.69, 9.17) is 0 Å². The summed E-state index contributed by atoms with van der Waals surface area (Å²) in [6, 6.07) is 8.13. The van der Waals surface area contributed by atoms with Gasteiger partial charge in [-0.15, -0.1) is 11.3 Å². The first kappa shape index (κ1) is 18.4. The van der Waals surface area contributed by atoms with Crippen LogP contribution in [-0.2, 0) is 4.79 Å². The van der Waals surface area contributed by atoms with Crippen LogP contribution in [0.1, 0.15) is 38.1 Å². The predicted molar refractivity (Wildman–Crippen MR) is 105 cm³/mol. The summed E-state index contributed by atoms with van der Waals surface area (Å²) in [4.78, 5) is 12.7. The van der Waals surface area contributed by atoms with E-state index in [9.17, 15) is 9.90 Å². The van der Waals surface area contributed by atoms with Gasteiger partial charge in [0.05, 0.1) is 22.7 Å². The first-order valence-corrected chi connectivity index (χ1v) is 9.49. The molecule has 0 saturated carbocycles. The number of carbonyl (C=O) groups is 1. The zero-order valence-corrected chi connectivity index (χ0v) is 16.3. The summed E-state index contributed by atoms with van der Waals surface area (Å²) in [5.74, 6) is 0.506. The Kier molecular flexibility index (Phi) is 5.02. The molecule has 3 rings (SSSR count). The van der Waals surface area contributed by atoms with Gasteiger partial charge in [0.15, 0.2) is 5.82 Å². The van der Waals surface area contributed by atoms with Crippen LogP contribution in [0.25, 0.3) is 16.3 Å². The lowest BCUT2D eigenvalue weighted by Gasteiger charge is -2.23. The third-order valence-electron chi connectivity index (χ3n) is 4.31. The molecule has 0 amide bonds. The number of ketones is 1. The number of anilines is 1. The maximum Gasteiger partial charge on any atom is 0.150 e. The van der Waals surface area contributed by atoms with Gasteiger partial charge in [0.2, 0.25) is 0 Å². The van der Waals surface area contributed by atoms with Gasteiger partial charge in [-0.2, -0.15) is 5.10 Å². The van der Waals surface area contributed by atoms with Gasteiger partial charge in [0.1, 0.15) is 11.5 Å². The molecule has 7 heteroatoms. The maximum absolute atomic E-state index is 11.6. The summed E-state index contributed by atoms with van der Waals surface area (Å²) in [7, 11) is 0. The molecular weight excluding hydrogens is 348 g/mol. The summed E-state index contributed by atoms with van der Waals surface area (Å²) < 4.78 is 2.20. The van der Waals surface area contributed by atoms with Crippen molar-refractivity contribution in [1.82, 2.24) is 14.8 Å². The zero-order chi connectivity index (χ0) is 18.9. The van der Waals surface area contributed by atoms with Gasteiger partial charge in [-0.1, -0.05) is 6.92 Å². The van der Waals surface area contributed by atoms with Crippen molar-refractivity contribution < 1.29 is 9.90 Å². The van der Waals surface area contributed by atoms with Crippen LogP contribution in [0.3, 0.4) is 0 Å². The normalized spacial score (nSPS) is 13.6. The van der Waals surface area contributed by atoms with E-state index in [1.807, 2.05) is 11.4 Å². The molecule has 0 fully saturated rings. The number of Topliss-reactive ketones (excluding diaryl/α,β-unsaturated/α-hetero) is 1. The Labute approximate surface area is 156 Å². The summed E-state index contributed by atoms with van der Waals surface area (Å²) in [5.41, 5.74) is 2.97. The number of aromatic nitrogens is 3. The Balaban J connectivity index is 1.86. The molecule has 138 valence electrons. The highest BCUT2D eigenvalue weighted by atomic mass is 32.1. The predicted octanol–water partition coefficient (Wildman–Crippen LogP) is 4.04. The second-order valence-electron chi connectivity index (χ2n) is 6.72. The third kappa shape index (κ3) is 3.73. The second kappa shape index (κ2) is 7.09. The van der Waals surface area contributed by atoms with Crippen molar-refractivity contribution in [1.29, 1.82) is 0 Å². The largest absolute Gasteiger partial charge is 0.371 e. The Morgan fingerprint density at radius 3 is 2.69 bits per heavy atom. The fraction of sp³-hybridized carbons (Fsp3) is 0.368. The third-order valence-corrected chi connectivity index (χ3v) is 5.25. The van der Waals surface area contributed by atoms with Gasteiger partial charge in [-0.25, -0.2) is 0 Å². The molecule has 0 bridgehead atoms. The number of aryl methyl sites for hydroxylation is 2. The van der Waals surface area contributed by atoms with E-state index in [-0.39, 0.29) is 12.2 Å². The van der Waals surface area contributed by atoms with Crippen molar-refractivity contribution in [3.63, 3.8) is 0 Å². The summed E-state index contributed by atoms with van der Waals surface area (Å²) in [6.45, 7) is 7.53. The molecule has 0 aliphatic rings. The van der Waals surface area contributed by atoms with Crippen molar-refractivity contribution in [2.45, 2.75) is 46.3 Å². The molecule has 0 aliphatic heterocycles. The molecule has 0 saturated heterocycles. The Morgan fingerprint density at radius 1 is 1.35 bits per heavy atom. The lowest BCUT2D eigenvalue weighted by atomic mass is 10.1. The summed E-state index contributed by atoms with van der Waals surface area (Å²) in [6.07, 6.45) is 0.440. The van der Waals surface area contributed by atoms with Gasteiger partial charge in [-0.05, 0) is 44.4 Å². The van der Waals surface area contributed by atoms with E-state index in [0.717, 1.165) is 16.3 Å². The Bertz CT molecular complexity index is 900. The molecule has 26 heavy (non-hydrogen) atoms. The monoisotopic (exact) mass is 372 g/mol. The number of nitrogens with one attached hydrogen (secondary N) is 2. The van der Waals surface area contributed by atoms with E-state index in [2.05, 4.69) is 52.1 Å². The molecule has 3 aromatic heterocycles. The molecule has 6 nitrogen and oxygen atoms in total.